The van der Waals surface area contributed by atoms with Crippen molar-refractivity contribution in [3.05, 3.63) is 64.5 Å². The summed E-state index contributed by atoms with van der Waals surface area (Å²) >= 11 is 1.46. The highest BCUT2D eigenvalue weighted by Gasteiger charge is 2.16. The maximum atomic E-state index is 12.3. The first-order valence-corrected chi connectivity index (χ1v) is 11.3. The lowest BCUT2D eigenvalue weighted by Crippen LogP contribution is -2.35. The number of aromatic nitrogens is 1. The van der Waals surface area contributed by atoms with Crippen LogP contribution in [0, 0.1) is 0 Å². The Labute approximate surface area is 176 Å². The highest BCUT2D eigenvalue weighted by Crippen LogP contribution is 2.24. The second-order valence-electron chi connectivity index (χ2n) is 7.80. The number of ketones is 1. The van der Waals surface area contributed by atoms with Crippen molar-refractivity contribution < 1.29 is 9.90 Å². The zero-order chi connectivity index (χ0) is 20.1. The van der Waals surface area contributed by atoms with Crippen LogP contribution in [0.15, 0.2) is 54.1 Å². The molecule has 1 aliphatic heterocycles. The number of hydrogen-bond donors (Lipinski definition) is 1. The predicted molar refractivity (Wildman–Crippen MR) is 121 cm³/mol. The van der Waals surface area contributed by atoms with E-state index in [1.165, 1.54) is 37.0 Å². The molecular weight excluding hydrogens is 380 g/mol. The number of carbonyl (C=O) groups excluding carboxylic acids is 1. The summed E-state index contributed by atoms with van der Waals surface area (Å²) in [5.74, 6) is 0.0260. The summed E-state index contributed by atoms with van der Waals surface area (Å²) < 4.78 is 2.12. The van der Waals surface area contributed by atoms with E-state index in [0.717, 1.165) is 34.4 Å². The molecule has 0 amide bonds. The fourth-order valence-corrected chi connectivity index (χ4v) is 4.77. The number of nitrogens with zero attached hydrogens (tertiary/aromatic N) is 2. The van der Waals surface area contributed by atoms with Gasteiger partial charge in [-0.25, -0.2) is 0 Å². The monoisotopic (exact) mass is 408 g/mol. The molecule has 1 aromatic carbocycles. The van der Waals surface area contributed by atoms with Crippen LogP contribution < -0.4 is 0 Å². The van der Waals surface area contributed by atoms with Gasteiger partial charge in [0.2, 0.25) is 0 Å². The third-order valence-corrected chi connectivity index (χ3v) is 6.46. The van der Waals surface area contributed by atoms with Gasteiger partial charge in [0.25, 0.3) is 0 Å². The molecule has 1 atom stereocenters. The molecule has 4 nitrogen and oxygen atoms in total. The molecule has 0 radical (unpaired) electrons. The van der Waals surface area contributed by atoms with Gasteiger partial charge in [-0.1, -0.05) is 37.1 Å². The van der Waals surface area contributed by atoms with Gasteiger partial charge in [-0.05, 0) is 55.6 Å². The summed E-state index contributed by atoms with van der Waals surface area (Å²) in [5.41, 5.74) is 2.10. The molecule has 3 aromatic rings. The Morgan fingerprint density at radius 2 is 1.86 bits per heavy atom. The number of aliphatic hydroxyl groups excluding tert-OH is 1. The molecule has 152 valence electrons. The van der Waals surface area contributed by atoms with E-state index < -0.39 is 6.10 Å². The van der Waals surface area contributed by atoms with Crippen LogP contribution in [0.5, 0.6) is 0 Å². The number of aliphatic hydroxyl groups is 1. The fourth-order valence-electron chi connectivity index (χ4n) is 4.13. The molecule has 2 aromatic heterocycles. The second kappa shape index (κ2) is 9.53. The molecular formula is C24H28N2O2S. The van der Waals surface area contributed by atoms with E-state index in [2.05, 4.69) is 27.8 Å². The Bertz CT molecular complexity index is 966. The van der Waals surface area contributed by atoms with Gasteiger partial charge >= 0.3 is 0 Å². The van der Waals surface area contributed by atoms with Crippen molar-refractivity contribution >= 4 is 34.1 Å². The van der Waals surface area contributed by atoms with Crippen LogP contribution in [0.4, 0.5) is 0 Å². The lowest BCUT2D eigenvalue weighted by atomic mass is 10.1. The summed E-state index contributed by atoms with van der Waals surface area (Å²) in [5, 5.41) is 13.7. The number of benzene rings is 1. The Hall–Kier alpha value is -2.21. The van der Waals surface area contributed by atoms with Gasteiger partial charge in [-0.15, -0.1) is 11.3 Å². The quantitative estimate of drug-likeness (QED) is 0.450. The van der Waals surface area contributed by atoms with Crippen molar-refractivity contribution in [3.63, 3.8) is 0 Å². The largest absolute Gasteiger partial charge is 0.390 e. The number of thiophene rings is 1. The van der Waals surface area contributed by atoms with E-state index in [0.29, 0.717) is 13.1 Å². The van der Waals surface area contributed by atoms with E-state index in [1.807, 2.05) is 35.7 Å². The molecule has 4 rings (SSSR count). The minimum Gasteiger partial charge on any atom is -0.390 e. The van der Waals surface area contributed by atoms with Gasteiger partial charge in [0, 0.05) is 35.8 Å². The third-order valence-electron chi connectivity index (χ3n) is 5.57. The van der Waals surface area contributed by atoms with Crippen molar-refractivity contribution in [1.29, 1.82) is 0 Å². The smallest absolute Gasteiger partial charge is 0.195 e. The summed E-state index contributed by atoms with van der Waals surface area (Å²) in [7, 11) is 0. The van der Waals surface area contributed by atoms with Gasteiger partial charge in [0.15, 0.2) is 5.78 Å². The molecule has 1 fully saturated rings. The molecule has 0 spiro atoms. The number of para-hydroxylation sites is 1. The summed E-state index contributed by atoms with van der Waals surface area (Å²) in [4.78, 5) is 15.5. The standard InChI is InChI=1S/C24H28N2O2S/c27-20(17-25-13-5-1-2-6-14-25)18-26-16-19(21-8-3-4-9-22(21)26)11-12-23(28)24-10-7-15-29-24/h3-4,7-12,15-16,20,27H,1-2,5-6,13-14,17-18H2/b12-11+/t20-/m0/s1. The number of hydrogen-bond acceptors (Lipinski definition) is 4. The van der Waals surface area contributed by atoms with Crippen molar-refractivity contribution in [2.45, 2.75) is 38.3 Å². The SMILES string of the molecule is O=C(/C=C/c1cn(C[C@@H](O)CN2CCCCCC2)c2ccccc12)c1cccs1. The number of allylic oxidation sites excluding steroid dienone is 1. The predicted octanol–water partition coefficient (Wildman–Crippen LogP) is 4.84. The van der Waals surface area contributed by atoms with Crippen LogP contribution in [-0.2, 0) is 6.54 Å². The minimum absolute atomic E-state index is 0.0260. The maximum Gasteiger partial charge on any atom is 0.195 e. The van der Waals surface area contributed by atoms with Crippen LogP contribution in [0.3, 0.4) is 0 Å². The number of likely N-dealkylation sites (tertiary alicyclic amines) is 1. The highest BCUT2D eigenvalue weighted by atomic mass is 32.1. The molecule has 0 unspecified atom stereocenters. The molecule has 0 bridgehead atoms. The normalized spacial score (nSPS) is 17.0. The topological polar surface area (TPSA) is 45.5 Å². The van der Waals surface area contributed by atoms with E-state index in [9.17, 15) is 9.90 Å². The van der Waals surface area contributed by atoms with Gasteiger partial charge in [0.1, 0.15) is 0 Å². The van der Waals surface area contributed by atoms with E-state index in [4.69, 9.17) is 0 Å². The van der Waals surface area contributed by atoms with Gasteiger partial charge < -0.3 is 14.6 Å². The first kappa shape index (κ1) is 20.1. The summed E-state index contributed by atoms with van der Waals surface area (Å²) in [6, 6.07) is 11.9. The molecule has 1 aliphatic rings. The van der Waals surface area contributed by atoms with E-state index in [1.54, 1.807) is 6.08 Å². The Balaban J connectivity index is 1.50. The highest BCUT2D eigenvalue weighted by molar-refractivity contribution is 7.12. The Morgan fingerprint density at radius 1 is 1.07 bits per heavy atom. The van der Waals surface area contributed by atoms with Gasteiger partial charge in [-0.2, -0.15) is 0 Å². The molecule has 3 heterocycles. The lowest BCUT2D eigenvalue weighted by Gasteiger charge is -2.23. The average Bonchev–Trinajstić information content (AvgIpc) is 3.30. The van der Waals surface area contributed by atoms with Crippen LogP contribution in [0.1, 0.15) is 40.9 Å². The summed E-state index contributed by atoms with van der Waals surface area (Å²) in [6.07, 6.45) is 10.2. The van der Waals surface area contributed by atoms with Gasteiger partial charge in [0.05, 0.1) is 11.0 Å². The molecule has 29 heavy (non-hydrogen) atoms. The second-order valence-corrected chi connectivity index (χ2v) is 8.75. The number of rotatable bonds is 7. The fraction of sp³-hybridized carbons (Fsp3) is 0.375. The van der Waals surface area contributed by atoms with Crippen LogP contribution >= 0.6 is 11.3 Å². The zero-order valence-electron chi connectivity index (χ0n) is 16.7. The van der Waals surface area contributed by atoms with Crippen LogP contribution in [0.2, 0.25) is 0 Å². The Morgan fingerprint density at radius 3 is 2.62 bits per heavy atom. The first-order chi connectivity index (χ1) is 14.2. The van der Waals surface area contributed by atoms with Crippen molar-refractivity contribution in [3.8, 4) is 0 Å². The number of fused-ring (bicyclic) bond motifs is 1. The van der Waals surface area contributed by atoms with E-state index >= 15 is 0 Å². The van der Waals surface area contributed by atoms with Gasteiger partial charge in [-0.3, -0.25) is 4.79 Å². The van der Waals surface area contributed by atoms with E-state index in [-0.39, 0.29) is 5.78 Å². The maximum absolute atomic E-state index is 12.3. The third kappa shape index (κ3) is 5.04. The van der Waals surface area contributed by atoms with Crippen LogP contribution in [-0.4, -0.2) is 46.1 Å². The molecule has 0 aliphatic carbocycles. The number of β-amino-alcohol motifs (C(OH)–C–C–N with tert-alkyl or cyclic N) is 1. The van der Waals surface area contributed by atoms with Crippen molar-refractivity contribution in [1.82, 2.24) is 9.47 Å². The number of carbonyl (C=O) groups is 1. The molecule has 5 heteroatoms. The first-order valence-electron chi connectivity index (χ1n) is 10.4. The molecule has 1 saturated heterocycles. The average molecular weight is 409 g/mol. The van der Waals surface area contributed by atoms with Crippen molar-refractivity contribution in [2.75, 3.05) is 19.6 Å². The zero-order valence-corrected chi connectivity index (χ0v) is 17.5. The summed E-state index contributed by atoms with van der Waals surface area (Å²) in [6.45, 7) is 3.45. The Kier molecular flexibility index (Phi) is 6.60. The van der Waals surface area contributed by atoms with Crippen LogP contribution in [0.25, 0.3) is 17.0 Å². The molecule has 1 N–H and O–H groups in total. The minimum atomic E-state index is -0.409. The van der Waals surface area contributed by atoms with Crippen molar-refractivity contribution in [2.24, 2.45) is 0 Å². The lowest BCUT2D eigenvalue weighted by molar-refractivity contribution is 0.101. The molecule has 0 saturated carbocycles.